The van der Waals surface area contributed by atoms with Crippen molar-refractivity contribution in [3.63, 3.8) is 0 Å². The van der Waals surface area contributed by atoms with Gasteiger partial charge in [0, 0.05) is 12.1 Å². The molecule has 0 saturated heterocycles. The lowest BCUT2D eigenvalue weighted by Gasteiger charge is -2.23. The Labute approximate surface area is 254 Å². The minimum absolute atomic E-state index is 0.0709. The van der Waals surface area contributed by atoms with Crippen molar-refractivity contribution in [3.8, 4) is 5.69 Å². The second-order valence-electron chi connectivity index (χ2n) is 9.95. The maximum atomic E-state index is 11.8. The van der Waals surface area contributed by atoms with E-state index in [2.05, 4.69) is 26.5 Å². The standard InChI is InChI=1S/C14H16N2O2.C12H18N2O.C7H12O3/c1-3-13-12(14(17)18-4-2)10-15-16(13)11-8-6-5-7-9-11;1-2-12-10(9-15)8-13-14(12)11-6-4-3-5-7-11;1-3-6(8)5-7(9)10-4-2/h5-10H,3-4H2,1-2H3;8-9,11H,2-7H2,1H3;3-5H2,1-2H3. The van der Waals surface area contributed by atoms with E-state index in [1.165, 1.54) is 32.1 Å². The zero-order valence-electron chi connectivity index (χ0n) is 26.2. The number of rotatable bonds is 11. The molecule has 3 aromatic rings. The number of hydrogen-bond acceptors (Lipinski definition) is 8. The molecule has 234 valence electrons. The minimum Gasteiger partial charge on any atom is -0.466 e. The Bertz CT molecular complexity index is 1290. The molecule has 0 amide bonds. The first-order valence-electron chi connectivity index (χ1n) is 15.3. The van der Waals surface area contributed by atoms with Gasteiger partial charge in [-0.15, -0.1) is 0 Å². The van der Waals surface area contributed by atoms with Gasteiger partial charge >= 0.3 is 11.9 Å². The van der Waals surface area contributed by atoms with Gasteiger partial charge in [-0.05, 0) is 51.7 Å². The van der Waals surface area contributed by atoms with E-state index in [1.54, 1.807) is 37.8 Å². The number of esters is 2. The highest BCUT2D eigenvalue weighted by Gasteiger charge is 2.20. The van der Waals surface area contributed by atoms with Gasteiger partial charge in [0.25, 0.3) is 0 Å². The van der Waals surface area contributed by atoms with Gasteiger partial charge in [0.1, 0.15) is 17.8 Å². The summed E-state index contributed by atoms with van der Waals surface area (Å²) in [6.45, 7) is 10.0. The summed E-state index contributed by atoms with van der Waals surface area (Å²) in [5, 5.41) is 8.64. The number of ether oxygens (including phenoxy) is 2. The molecule has 1 aliphatic rings. The van der Waals surface area contributed by atoms with Crippen molar-refractivity contribution >= 4 is 24.0 Å². The number of para-hydroxylation sites is 1. The Morgan fingerprint density at radius 3 is 2.07 bits per heavy atom. The molecule has 1 aliphatic carbocycles. The average Bonchev–Trinajstić information content (AvgIpc) is 3.67. The molecule has 10 heteroatoms. The quantitative estimate of drug-likeness (QED) is 0.144. The van der Waals surface area contributed by atoms with Crippen LogP contribution >= 0.6 is 0 Å². The van der Waals surface area contributed by atoms with Crippen LogP contribution in [0.5, 0.6) is 0 Å². The number of ketones is 1. The number of aldehydes is 1. The molecule has 2 heterocycles. The monoisotopic (exact) mass is 594 g/mol. The number of Topliss-reactive ketones (excluding diaryl/α,β-unsaturated/α-hetero) is 1. The van der Waals surface area contributed by atoms with Crippen LogP contribution in [0.2, 0.25) is 0 Å². The van der Waals surface area contributed by atoms with E-state index in [0.717, 1.165) is 41.8 Å². The fraction of sp³-hybridized carbons (Fsp3) is 0.515. The van der Waals surface area contributed by atoms with E-state index in [1.807, 2.05) is 37.3 Å². The van der Waals surface area contributed by atoms with Crippen molar-refractivity contribution < 1.29 is 28.7 Å². The predicted octanol–water partition coefficient (Wildman–Crippen LogP) is 6.29. The fourth-order valence-corrected chi connectivity index (χ4v) is 4.89. The molecular formula is C33H46N4O6. The normalized spacial score (nSPS) is 12.7. The highest BCUT2D eigenvalue weighted by Crippen LogP contribution is 2.29. The van der Waals surface area contributed by atoms with Crippen LogP contribution in [-0.4, -0.2) is 56.8 Å². The van der Waals surface area contributed by atoms with E-state index in [-0.39, 0.29) is 18.2 Å². The van der Waals surface area contributed by atoms with Gasteiger partial charge in [-0.2, -0.15) is 10.2 Å². The minimum atomic E-state index is -0.422. The molecule has 0 aliphatic heterocycles. The molecule has 0 N–H and O–H groups in total. The van der Waals surface area contributed by atoms with E-state index >= 15 is 0 Å². The summed E-state index contributed by atoms with van der Waals surface area (Å²) >= 11 is 0. The maximum absolute atomic E-state index is 11.8. The second kappa shape index (κ2) is 19.2. The highest BCUT2D eigenvalue weighted by atomic mass is 16.5. The zero-order chi connectivity index (χ0) is 31.6. The first-order chi connectivity index (χ1) is 20.8. The summed E-state index contributed by atoms with van der Waals surface area (Å²) in [6, 6.07) is 10.3. The lowest BCUT2D eigenvalue weighted by atomic mass is 9.95. The smallest absolute Gasteiger partial charge is 0.341 e. The molecule has 0 unspecified atom stereocenters. The van der Waals surface area contributed by atoms with Crippen molar-refractivity contribution in [2.75, 3.05) is 13.2 Å². The van der Waals surface area contributed by atoms with Gasteiger partial charge < -0.3 is 9.47 Å². The largest absolute Gasteiger partial charge is 0.466 e. The van der Waals surface area contributed by atoms with Gasteiger partial charge in [-0.25, -0.2) is 9.48 Å². The molecule has 1 aromatic carbocycles. The van der Waals surface area contributed by atoms with Crippen LogP contribution in [0.15, 0.2) is 42.7 Å². The number of carbonyl (C=O) groups is 4. The SMILES string of the molecule is CCOC(=O)CC(=O)CC.CCOC(=O)c1cnn(-c2ccccc2)c1CC.CCc1c(C=O)cnn1C1CCCCC1. The molecule has 2 aromatic heterocycles. The lowest BCUT2D eigenvalue weighted by molar-refractivity contribution is -0.145. The Morgan fingerprint density at radius 2 is 1.51 bits per heavy atom. The summed E-state index contributed by atoms with van der Waals surface area (Å²) in [7, 11) is 0. The van der Waals surface area contributed by atoms with E-state index in [9.17, 15) is 19.2 Å². The van der Waals surface area contributed by atoms with Crippen molar-refractivity contribution in [1.82, 2.24) is 19.6 Å². The summed E-state index contributed by atoms with van der Waals surface area (Å²) in [4.78, 5) is 43.8. The average molecular weight is 595 g/mol. The third-order valence-corrected chi connectivity index (χ3v) is 7.05. The van der Waals surface area contributed by atoms with Crippen LogP contribution in [-0.2, 0) is 31.9 Å². The second-order valence-corrected chi connectivity index (χ2v) is 9.95. The fourth-order valence-electron chi connectivity index (χ4n) is 4.89. The van der Waals surface area contributed by atoms with Crippen LogP contribution in [0.25, 0.3) is 5.69 Å². The van der Waals surface area contributed by atoms with Crippen molar-refractivity contribution in [3.05, 3.63) is 65.2 Å². The first kappa shape index (κ1) is 35.1. The molecule has 1 fully saturated rings. The van der Waals surface area contributed by atoms with Gasteiger partial charge in [-0.3, -0.25) is 19.1 Å². The van der Waals surface area contributed by atoms with Crippen LogP contribution < -0.4 is 0 Å². The number of nitrogens with zero attached hydrogens (tertiary/aromatic N) is 4. The third kappa shape index (κ3) is 10.6. The van der Waals surface area contributed by atoms with Crippen molar-refractivity contribution in [1.29, 1.82) is 0 Å². The predicted molar refractivity (Wildman–Crippen MR) is 165 cm³/mol. The highest BCUT2D eigenvalue weighted by molar-refractivity contribution is 5.95. The molecule has 10 nitrogen and oxygen atoms in total. The summed E-state index contributed by atoms with van der Waals surface area (Å²) in [5.74, 6) is -0.802. The third-order valence-electron chi connectivity index (χ3n) is 7.05. The Morgan fingerprint density at radius 1 is 0.860 bits per heavy atom. The number of carbonyl (C=O) groups excluding carboxylic acids is 4. The molecule has 1 saturated carbocycles. The first-order valence-corrected chi connectivity index (χ1v) is 15.3. The van der Waals surface area contributed by atoms with Gasteiger partial charge in [0.15, 0.2) is 6.29 Å². The van der Waals surface area contributed by atoms with E-state index in [0.29, 0.717) is 31.2 Å². The van der Waals surface area contributed by atoms with Crippen LogP contribution in [0.4, 0.5) is 0 Å². The Kier molecular flexibility index (Phi) is 15.7. The zero-order valence-corrected chi connectivity index (χ0v) is 26.2. The molecule has 0 spiro atoms. The van der Waals surface area contributed by atoms with Gasteiger partial charge in [-0.1, -0.05) is 58.2 Å². The summed E-state index contributed by atoms with van der Waals surface area (Å²) < 4.78 is 13.5. The summed E-state index contributed by atoms with van der Waals surface area (Å²) in [6.07, 6.45) is 12.5. The molecule has 0 radical (unpaired) electrons. The molecule has 4 rings (SSSR count). The maximum Gasteiger partial charge on any atom is 0.341 e. The lowest BCUT2D eigenvalue weighted by Crippen LogP contribution is -2.16. The van der Waals surface area contributed by atoms with E-state index < -0.39 is 5.97 Å². The number of aromatic nitrogens is 4. The topological polar surface area (TPSA) is 122 Å². The van der Waals surface area contributed by atoms with Gasteiger partial charge in [0.05, 0.1) is 48.6 Å². The van der Waals surface area contributed by atoms with Crippen LogP contribution in [0.3, 0.4) is 0 Å². The molecule has 0 bridgehead atoms. The molecule has 0 atom stereocenters. The number of benzene rings is 1. The molecule has 43 heavy (non-hydrogen) atoms. The Balaban J connectivity index is 0.000000235. The van der Waals surface area contributed by atoms with Gasteiger partial charge in [0.2, 0.25) is 0 Å². The van der Waals surface area contributed by atoms with Crippen molar-refractivity contribution in [2.45, 2.75) is 98.4 Å². The van der Waals surface area contributed by atoms with Crippen LogP contribution in [0.1, 0.15) is 118 Å². The van der Waals surface area contributed by atoms with E-state index in [4.69, 9.17) is 4.74 Å². The molecular weight excluding hydrogens is 548 g/mol. The Hall–Kier alpha value is -4.08. The number of hydrogen-bond donors (Lipinski definition) is 0. The summed E-state index contributed by atoms with van der Waals surface area (Å²) in [5.41, 5.74) is 4.24. The van der Waals surface area contributed by atoms with Crippen LogP contribution in [0, 0.1) is 0 Å². The van der Waals surface area contributed by atoms with Crippen molar-refractivity contribution in [2.24, 2.45) is 0 Å².